The molecule has 2 nitrogen and oxygen atoms in total. The molecule has 3 heteroatoms. The zero-order valence-corrected chi connectivity index (χ0v) is 10.8. The van der Waals surface area contributed by atoms with Crippen molar-refractivity contribution in [1.29, 1.82) is 0 Å². The van der Waals surface area contributed by atoms with Crippen LogP contribution in [0.4, 0.5) is 0 Å². The maximum atomic E-state index is 4.45. The van der Waals surface area contributed by atoms with Crippen molar-refractivity contribution in [3.8, 4) is 0 Å². The van der Waals surface area contributed by atoms with E-state index in [0.29, 0.717) is 0 Å². The van der Waals surface area contributed by atoms with Crippen LogP contribution in [0.2, 0.25) is 0 Å². The van der Waals surface area contributed by atoms with E-state index >= 15 is 0 Å². The molecule has 0 fully saturated rings. The van der Waals surface area contributed by atoms with Crippen LogP contribution in [0, 0.1) is 5.92 Å². The first kappa shape index (κ1) is 11.1. The van der Waals surface area contributed by atoms with E-state index in [2.05, 4.69) is 45.7 Å². The van der Waals surface area contributed by atoms with Crippen LogP contribution in [-0.2, 0) is 13.0 Å². The number of aromatic nitrogens is 1. The molecule has 0 saturated carbocycles. The Balaban J connectivity index is 2.11. The summed E-state index contributed by atoms with van der Waals surface area (Å²) in [7, 11) is 0. The highest BCUT2D eigenvalue weighted by Crippen LogP contribution is 2.21. The van der Waals surface area contributed by atoms with Crippen molar-refractivity contribution in [2.75, 3.05) is 13.1 Å². The molecule has 0 spiro atoms. The Morgan fingerprint density at radius 2 is 2.33 bits per heavy atom. The average molecular weight is 268 g/mol. The van der Waals surface area contributed by atoms with Gasteiger partial charge >= 0.3 is 0 Å². The summed E-state index contributed by atoms with van der Waals surface area (Å²) in [6, 6.07) is 2.19. The molecule has 0 atom stereocenters. The second-order valence-electron chi connectivity index (χ2n) is 4.43. The topological polar surface area (TPSA) is 16.1 Å². The van der Waals surface area contributed by atoms with E-state index in [4.69, 9.17) is 0 Å². The highest BCUT2D eigenvalue weighted by Gasteiger charge is 2.17. The Morgan fingerprint density at radius 1 is 1.53 bits per heavy atom. The van der Waals surface area contributed by atoms with Crippen LogP contribution in [0.25, 0.3) is 0 Å². The third-order valence-corrected chi connectivity index (χ3v) is 3.06. The first-order chi connectivity index (χ1) is 7.15. The highest BCUT2D eigenvalue weighted by molar-refractivity contribution is 9.10. The van der Waals surface area contributed by atoms with Gasteiger partial charge in [0.25, 0.3) is 0 Å². The summed E-state index contributed by atoms with van der Waals surface area (Å²) in [5, 5.41) is 0. The summed E-state index contributed by atoms with van der Waals surface area (Å²) >= 11 is 3.47. The Bertz CT molecular complexity index is 349. The summed E-state index contributed by atoms with van der Waals surface area (Å²) in [6.07, 6.45) is 2.97. The van der Waals surface area contributed by atoms with Crippen molar-refractivity contribution < 1.29 is 0 Å². The van der Waals surface area contributed by atoms with Gasteiger partial charge in [-0.2, -0.15) is 0 Å². The quantitative estimate of drug-likeness (QED) is 0.820. The molecule has 1 aromatic rings. The molecule has 0 bridgehead atoms. The van der Waals surface area contributed by atoms with Gasteiger partial charge < -0.3 is 0 Å². The standard InChI is InChI=1S/C12H16BrN2/c1-9(2)7-15-4-3-12-10(8-15)5-11(13)6-14-12/h5-6H,3-4,7-8H2,1-2H3. The largest absolute Gasteiger partial charge is 0.298 e. The van der Waals surface area contributed by atoms with Crippen LogP contribution >= 0.6 is 15.9 Å². The molecule has 1 radical (unpaired) electrons. The van der Waals surface area contributed by atoms with Crippen molar-refractivity contribution >= 4 is 15.9 Å². The number of hydrogen-bond donors (Lipinski definition) is 0. The van der Waals surface area contributed by atoms with Crippen molar-refractivity contribution in [3.05, 3.63) is 33.9 Å². The Kier molecular flexibility index (Phi) is 3.42. The molecule has 15 heavy (non-hydrogen) atoms. The zero-order valence-electron chi connectivity index (χ0n) is 9.26. The van der Waals surface area contributed by atoms with Gasteiger partial charge in [0.15, 0.2) is 0 Å². The summed E-state index contributed by atoms with van der Waals surface area (Å²) < 4.78 is 1.08. The molecule has 2 heterocycles. The minimum absolute atomic E-state index is 1.03. The van der Waals surface area contributed by atoms with Gasteiger partial charge in [0.1, 0.15) is 0 Å². The normalized spacial score (nSPS) is 16.8. The fourth-order valence-corrected chi connectivity index (χ4v) is 2.42. The van der Waals surface area contributed by atoms with Gasteiger partial charge in [-0.15, -0.1) is 0 Å². The summed E-state index contributed by atoms with van der Waals surface area (Å²) in [4.78, 5) is 6.93. The second kappa shape index (κ2) is 4.62. The van der Waals surface area contributed by atoms with Crippen LogP contribution in [0.3, 0.4) is 0 Å². The predicted molar refractivity (Wildman–Crippen MR) is 65.5 cm³/mol. The summed E-state index contributed by atoms with van der Waals surface area (Å²) in [5.74, 6) is 1.47. The number of rotatable bonds is 2. The third-order valence-electron chi connectivity index (χ3n) is 2.63. The molecular formula is C12H16BrN2. The lowest BCUT2D eigenvalue weighted by molar-refractivity contribution is 0.262. The van der Waals surface area contributed by atoms with Crippen LogP contribution < -0.4 is 0 Å². The average Bonchev–Trinajstić information content (AvgIpc) is 2.16. The van der Waals surface area contributed by atoms with E-state index in [-0.39, 0.29) is 0 Å². The molecule has 1 aromatic heterocycles. The highest BCUT2D eigenvalue weighted by atomic mass is 79.9. The van der Waals surface area contributed by atoms with Gasteiger partial charge in [0, 0.05) is 42.4 Å². The molecule has 81 valence electrons. The number of pyridine rings is 1. The van der Waals surface area contributed by atoms with E-state index in [0.717, 1.165) is 30.5 Å². The molecule has 0 unspecified atom stereocenters. The lowest BCUT2D eigenvalue weighted by atomic mass is 10.0. The molecule has 1 aliphatic rings. The summed E-state index contributed by atoms with van der Waals surface area (Å²) in [6.45, 7) is 7.65. The van der Waals surface area contributed by atoms with E-state index in [1.807, 2.05) is 6.20 Å². The van der Waals surface area contributed by atoms with E-state index < -0.39 is 0 Å². The van der Waals surface area contributed by atoms with Gasteiger partial charge in [-0.3, -0.25) is 9.88 Å². The Labute approximate surface area is 99.8 Å². The van der Waals surface area contributed by atoms with Crippen LogP contribution in [0.15, 0.2) is 16.7 Å². The van der Waals surface area contributed by atoms with Gasteiger partial charge in [0.05, 0.1) is 0 Å². The molecule has 0 amide bonds. The minimum Gasteiger partial charge on any atom is -0.298 e. The smallest absolute Gasteiger partial charge is 0.0462 e. The van der Waals surface area contributed by atoms with E-state index in [9.17, 15) is 0 Å². The lowest BCUT2D eigenvalue weighted by Gasteiger charge is -2.29. The van der Waals surface area contributed by atoms with Crippen molar-refractivity contribution in [2.45, 2.75) is 26.8 Å². The number of fused-ring (bicyclic) bond motifs is 1. The zero-order chi connectivity index (χ0) is 10.8. The lowest BCUT2D eigenvalue weighted by Crippen LogP contribution is -2.33. The second-order valence-corrected chi connectivity index (χ2v) is 5.34. The molecule has 2 rings (SSSR count). The molecule has 0 N–H and O–H groups in total. The van der Waals surface area contributed by atoms with Gasteiger partial charge in [0.2, 0.25) is 0 Å². The van der Waals surface area contributed by atoms with Gasteiger partial charge in [-0.05, 0) is 33.5 Å². The molecular weight excluding hydrogens is 252 g/mol. The molecule has 0 aliphatic carbocycles. The SMILES string of the molecule is C[C](C)CN1CCc2ncc(Br)cc2C1. The Morgan fingerprint density at radius 3 is 3.07 bits per heavy atom. The fraction of sp³-hybridized carbons (Fsp3) is 0.500. The third kappa shape index (κ3) is 2.79. The first-order valence-corrected chi connectivity index (χ1v) is 6.09. The molecule has 0 aromatic carbocycles. The van der Waals surface area contributed by atoms with Crippen LogP contribution in [0.5, 0.6) is 0 Å². The van der Waals surface area contributed by atoms with Gasteiger partial charge in [-0.25, -0.2) is 0 Å². The maximum absolute atomic E-state index is 4.45. The van der Waals surface area contributed by atoms with E-state index in [1.54, 1.807) is 0 Å². The number of halogens is 1. The molecule has 0 saturated heterocycles. The van der Waals surface area contributed by atoms with E-state index in [1.165, 1.54) is 17.2 Å². The number of nitrogens with zero attached hydrogens (tertiary/aromatic N) is 2. The fourth-order valence-electron chi connectivity index (χ4n) is 2.04. The summed E-state index contributed by atoms with van der Waals surface area (Å²) in [5.41, 5.74) is 2.64. The van der Waals surface area contributed by atoms with Crippen molar-refractivity contribution in [3.63, 3.8) is 0 Å². The minimum atomic E-state index is 1.03. The Hall–Kier alpha value is -0.410. The van der Waals surface area contributed by atoms with Crippen LogP contribution in [0.1, 0.15) is 25.1 Å². The monoisotopic (exact) mass is 267 g/mol. The van der Waals surface area contributed by atoms with Crippen LogP contribution in [-0.4, -0.2) is 23.0 Å². The first-order valence-electron chi connectivity index (χ1n) is 5.30. The number of hydrogen-bond acceptors (Lipinski definition) is 2. The predicted octanol–water partition coefficient (Wildman–Crippen LogP) is 2.82. The van der Waals surface area contributed by atoms with Gasteiger partial charge in [-0.1, -0.05) is 13.8 Å². The maximum Gasteiger partial charge on any atom is 0.0462 e. The van der Waals surface area contributed by atoms with Crippen molar-refractivity contribution in [1.82, 2.24) is 9.88 Å². The van der Waals surface area contributed by atoms with Crippen molar-refractivity contribution in [2.24, 2.45) is 0 Å². The molecule has 1 aliphatic heterocycles.